The zero-order valence-electron chi connectivity index (χ0n) is 19.6. The summed E-state index contributed by atoms with van der Waals surface area (Å²) in [4.78, 5) is 17.2. The van der Waals surface area contributed by atoms with E-state index in [-0.39, 0.29) is 17.2 Å². The number of ether oxygens (including phenoxy) is 2. The van der Waals surface area contributed by atoms with Crippen LogP contribution in [0.4, 0.5) is 0 Å². The van der Waals surface area contributed by atoms with Crippen LogP contribution in [0.3, 0.4) is 0 Å². The first-order chi connectivity index (χ1) is 15.7. The molecule has 3 aromatic rings. The minimum absolute atomic E-state index is 0.106. The summed E-state index contributed by atoms with van der Waals surface area (Å²) in [7, 11) is 2.88. The van der Waals surface area contributed by atoms with Crippen LogP contribution in [-0.4, -0.2) is 56.0 Å². The average Bonchev–Trinajstić information content (AvgIpc) is 3.11. The molecule has 1 amide bonds. The smallest absolute Gasteiger partial charge is 0.242 e. The molecule has 0 radical (unpaired) electrons. The summed E-state index contributed by atoms with van der Waals surface area (Å²) in [6.07, 6.45) is 0.688. The lowest BCUT2D eigenvalue weighted by molar-refractivity contribution is -0.121. The number of aryl methyl sites for hydroxylation is 2. The van der Waals surface area contributed by atoms with Gasteiger partial charge in [-0.15, -0.1) is 0 Å². The van der Waals surface area contributed by atoms with Gasteiger partial charge in [0.15, 0.2) is 11.5 Å². The van der Waals surface area contributed by atoms with Crippen LogP contribution < -0.4 is 14.8 Å². The quantitative estimate of drug-likeness (QED) is 0.484. The molecule has 1 N–H and O–H groups in total. The molecular formula is C23H30N4O5S. The number of nitrogens with zero attached hydrogens (tertiary/aromatic N) is 3. The summed E-state index contributed by atoms with van der Waals surface area (Å²) >= 11 is 0. The molecule has 0 aliphatic heterocycles. The lowest BCUT2D eigenvalue weighted by Gasteiger charge is -2.11. The number of methoxy groups -OCH3 is 1. The molecule has 0 fully saturated rings. The van der Waals surface area contributed by atoms with Gasteiger partial charge in [-0.25, -0.2) is 17.7 Å². The lowest BCUT2D eigenvalue weighted by atomic mass is 10.2. The van der Waals surface area contributed by atoms with Gasteiger partial charge in [-0.3, -0.25) is 4.79 Å². The van der Waals surface area contributed by atoms with E-state index in [1.54, 1.807) is 25.3 Å². The Morgan fingerprint density at radius 1 is 1.15 bits per heavy atom. The van der Waals surface area contributed by atoms with Crippen molar-refractivity contribution in [3.05, 3.63) is 47.8 Å². The topological polar surface area (TPSA) is 103 Å². The van der Waals surface area contributed by atoms with E-state index in [1.165, 1.54) is 18.4 Å². The maximum Gasteiger partial charge on any atom is 0.242 e. The first-order valence-corrected chi connectivity index (χ1v) is 12.1. The number of sulfonamides is 1. The van der Waals surface area contributed by atoms with Crippen molar-refractivity contribution in [2.45, 2.75) is 31.2 Å². The van der Waals surface area contributed by atoms with E-state index in [9.17, 15) is 13.2 Å². The molecule has 0 saturated carbocycles. The highest BCUT2D eigenvalue weighted by Crippen LogP contribution is 2.28. The van der Waals surface area contributed by atoms with Gasteiger partial charge in [0, 0.05) is 40.5 Å². The van der Waals surface area contributed by atoms with Crippen molar-refractivity contribution in [1.29, 1.82) is 0 Å². The molecule has 0 aliphatic carbocycles. The van der Waals surface area contributed by atoms with Gasteiger partial charge in [0.2, 0.25) is 15.9 Å². The Morgan fingerprint density at radius 3 is 2.58 bits per heavy atom. The highest BCUT2D eigenvalue weighted by molar-refractivity contribution is 7.89. The molecule has 1 aromatic heterocycles. The van der Waals surface area contributed by atoms with Crippen LogP contribution >= 0.6 is 0 Å². The SMILES string of the molecule is CCOc1ccc(CNC(=O)CCc2nc3cc(S(=O)(=O)N(C)C)ccc3n2C)cc1OC. The Bertz CT molecular complexity index is 1250. The van der Waals surface area contributed by atoms with E-state index in [1.807, 2.05) is 36.7 Å². The number of hydrogen-bond donors (Lipinski definition) is 1. The Hall–Kier alpha value is -3.11. The van der Waals surface area contributed by atoms with Gasteiger partial charge >= 0.3 is 0 Å². The number of imidazole rings is 1. The molecule has 3 rings (SSSR count). The number of amides is 1. The van der Waals surface area contributed by atoms with Gasteiger partial charge in [-0.05, 0) is 42.8 Å². The molecule has 10 heteroatoms. The zero-order chi connectivity index (χ0) is 24.2. The summed E-state index contributed by atoms with van der Waals surface area (Å²) in [6.45, 7) is 2.82. The fourth-order valence-corrected chi connectivity index (χ4v) is 4.36. The minimum Gasteiger partial charge on any atom is -0.493 e. The number of hydrogen-bond acceptors (Lipinski definition) is 6. The first kappa shape index (κ1) is 24.5. The number of fused-ring (bicyclic) bond motifs is 1. The number of aromatic nitrogens is 2. The number of carbonyl (C=O) groups is 1. The largest absolute Gasteiger partial charge is 0.493 e. The molecule has 0 aliphatic rings. The van der Waals surface area contributed by atoms with E-state index < -0.39 is 10.0 Å². The summed E-state index contributed by atoms with van der Waals surface area (Å²) < 4.78 is 38.7. The van der Waals surface area contributed by atoms with E-state index in [0.29, 0.717) is 42.4 Å². The predicted molar refractivity (Wildman–Crippen MR) is 126 cm³/mol. The third kappa shape index (κ3) is 5.45. The molecule has 0 atom stereocenters. The first-order valence-electron chi connectivity index (χ1n) is 10.6. The van der Waals surface area contributed by atoms with Crippen molar-refractivity contribution in [1.82, 2.24) is 19.2 Å². The van der Waals surface area contributed by atoms with Crippen molar-refractivity contribution >= 4 is 27.0 Å². The Morgan fingerprint density at radius 2 is 1.91 bits per heavy atom. The van der Waals surface area contributed by atoms with Crippen molar-refractivity contribution in [2.24, 2.45) is 7.05 Å². The van der Waals surface area contributed by atoms with Gasteiger partial charge in [0.05, 0.1) is 29.6 Å². The summed E-state index contributed by atoms with van der Waals surface area (Å²) in [5, 5.41) is 2.91. The average molecular weight is 475 g/mol. The molecule has 0 unspecified atom stereocenters. The fraction of sp³-hybridized carbons (Fsp3) is 0.391. The standard InChI is InChI=1S/C23H30N4O5S/c1-6-32-20-10-7-16(13-21(20)31-5)15-24-23(28)12-11-22-25-18-14-17(33(29,30)26(2)3)8-9-19(18)27(22)4/h7-10,13-14H,6,11-12,15H2,1-5H3,(H,24,28). The van der Waals surface area contributed by atoms with Gasteiger partial charge < -0.3 is 19.4 Å². The summed E-state index contributed by atoms with van der Waals surface area (Å²) in [5.41, 5.74) is 2.29. The van der Waals surface area contributed by atoms with Crippen molar-refractivity contribution in [3.63, 3.8) is 0 Å². The molecule has 178 valence electrons. The second-order valence-corrected chi connectivity index (χ2v) is 9.87. The molecule has 0 saturated heterocycles. The molecule has 33 heavy (non-hydrogen) atoms. The summed E-state index contributed by atoms with van der Waals surface area (Å²) in [5.74, 6) is 1.89. The number of benzene rings is 2. The summed E-state index contributed by atoms with van der Waals surface area (Å²) in [6, 6.07) is 10.4. The van der Waals surface area contributed by atoms with E-state index in [2.05, 4.69) is 10.3 Å². The van der Waals surface area contributed by atoms with Crippen LogP contribution in [-0.2, 0) is 34.8 Å². The van der Waals surface area contributed by atoms with Crippen LogP contribution in [0.1, 0.15) is 24.7 Å². The second kappa shape index (κ2) is 10.2. The lowest BCUT2D eigenvalue weighted by Crippen LogP contribution is -2.23. The maximum atomic E-state index is 12.4. The van der Waals surface area contributed by atoms with Crippen LogP contribution in [0.2, 0.25) is 0 Å². The number of carbonyl (C=O) groups excluding carboxylic acids is 1. The van der Waals surface area contributed by atoms with Crippen LogP contribution in [0.25, 0.3) is 11.0 Å². The van der Waals surface area contributed by atoms with Gasteiger partial charge in [0.1, 0.15) is 5.82 Å². The predicted octanol–water partition coefficient (Wildman–Crippen LogP) is 2.48. The zero-order valence-corrected chi connectivity index (χ0v) is 20.4. The second-order valence-electron chi connectivity index (χ2n) is 7.72. The highest BCUT2D eigenvalue weighted by Gasteiger charge is 2.19. The van der Waals surface area contributed by atoms with Gasteiger partial charge in [-0.2, -0.15) is 0 Å². The molecule has 0 bridgehead atoms. The molecule has 0 spiro atoms. The van der Waals surface area contributed by atoms with E-state index >= 15 is 0 Å². The molecule has 9 nitrogen and oxygen atoms in total. The third-order valence-electron chi connectivity index (χ3n) is 5.32. The third-order valence-corrected chi connectivity index (χ3v) is 7.13. The van der Waals surface area contributed by atoms with Crippen molar-refractivity contribution in [3.8, 4) is 11.5 Å². The molecular weight excluding hydrogens is 444 g/mol. The van der Waals surface area contributed by atoms with Crippen LogP contribution in [0.5, 0.6) is 11.5 Å². The molecule has 2 aromatic carbocycles. The molecule has 1 heterocycles. The number of rotatable bonds is 10. The van der Waals surface area contributed by atoms with Gasteiger partial charge in [-0.1, -0.05) is 6.07 Å². The van der Waals surface area contributed by atoms with E-state index in [0.717, 1.165) is 11.1 Å². The van der Waals surface area contributed by atoms with Crippen LogP contribution in [0, 0.1) is 0 Å². The monoisotopic (exact) mass is 474 g/mol. The van der Waals surface area contributed by atoms with Crippen molar-refractivity contribution < 1.29 is 22.7 Å². The number of nitrogens with one attached hydrogen (secondary N) is 1. The van der Waals surface area contributed by atoms with E-state index in [4.69, 9.17) is 9.47 Å². The van der Waals surface area contributed by atoms with Gasteiger partial charge in [0.25, 0.3) is 0 Å². The van der Waals surface area contributed by atoms with Crippen LogP contribution in [0.15, 0.2) is 41.3 Å². The Labute approximate surface area is 194 Å². The fourth-order valence-electron chi connectivity index (χ4n) is 3.44. The Kier molecular flexibility index (Phi) is 7.60. The Balaban J connectivity index is 1.64. The maximum absolute atomic E-state index is 12.4. The normalized spacial score (nSPS) is 11.7. The minimum atomic E-state index is -3.54. The highest BCUT2D eigenvalue weighted by atomic mass is 32.2. The van der Waals surface area contributed by atoms with Crippen molar-refractivity contribution in [2.75, 3.05) is 27.8 Å².